The summed E-state index contributed by atoms with van der Waals surface area (Å²) in [5.74, 6) is 2.19. The number of amidine groups is 1. The number of hydrogen-bond acceptors (Lipinski definition) is 9. The normalized spacial score (nSPS) is 14.9. The smallest absolute Gasteiger partial charge is 0.289 e. The minimum absolute atomic E-state index is 0.170. The molecule has 0 spiro atoms. The Balaban J connectivity index is 1.31. The van der Waals surface area contributed by atoms with E-state index < -0.39 is 0 Å². The Hall–Kier alpha value is -4.24. The van der Waals surface area contributed by atoms with E-state index in [1.165, 1.54) is 0 Å². The fraction of sp³-hybridized carbons (Fsp3) is 0.286. The average Bonchev–Trinajstić information content (AvgIpc) is 3.33. The molecule has 0 radical (unpaired) electrons. The third kappa shape index (κ3) is 6.13. The van der Waals surface area contributed by atoms with Crippen LogP contribution in [0.4, 0.5) is 17.2 Å². The number of rotatable bonds is 8. The van der Waals surface area contributed by atoms with Gasteiger partial charge in [0.25, 0.3) is 6.02 Å². The van der Waals surface area contributed by atoms with Gasteiger partial charge in [0.05, 0.1) is 17.8 Å². The van der Waals surface area contributed by atoms with Gasteiger partial charge in [0, 0.05) is 22.5 Å². The average molecular weight is 498 g/mol. The van der Waals surface area contributed by atoms with Crippen molar-refractivity contribution < 1.29 is 9.47 Å². The van der Waals surface area contributed by atoms with Gasteiger partial charge in [-0.05, 0) is 95.0 Å². The maximum Gasteiger partial charge on any atom is 0.289 e. The van der Waals surface area contributed by atoms with Crippen LogP contribution in [-0.2, 0) is 4.74 Å². The fourth-order valence-corrected chi connectivity index (χ4v) is 4.02. The molecule has 2 aromatic heterocycles. The number of fused-ring (bicyclic) bond motifs is 1. The quantitative estimate of drug-likeness (QED) is 0.339. The third-order valence-electron chi connectivity index (χ3n) is 6.06. The molecule has 1 atom stereocenters. The summed E-state index contributed by atoms with van der Waals surface area (Å²) in [5, 5.41) is 7.61. The third-order valence-corrected chi connectivity index (χ3v) is 6.06. The molecular weight excluding hydrogens is 466 g/mol. The molecule has 9 heteroatoms. The van der Waals surface area contributed by atoms with Crippen molar-refractivity contribution in [3.05, 3.63) is 72.3 Å². The van der Waals surface area contributed by atoms with Gasteiger partial charge < -0.3 is 25.0 Å². The molecule has 1 aliphatic heterocycles. The highest BCUT2D eigenvalue weighted by Crippen LogP contribution is 2.30. The summed E-state index contributed by atoms with van der Waals surface area (Å²) < 4.78 is 11.8. The Kier molecular flexibility index (Phi) is 7.14. The van der Waals surface area contributed by atoms with E-state index in [2.05, 4.69) is 49.6 Å². The highest BCUT2D eigenvalue weighted by Gasteiger charge is 2.19. The van der Waals surface area contributed by atoms with Crippen LogP contribution in [0, 0.1) is 13.8 Å². The summed E-state index contributed by atoms with van der Waals surface area (Å²) in [6, 6.07) is 16.4. The summed E-state index contributed by atoms with van der Waals surface area (Å²) in [5.41, 5.74) is 4.55. The Morgan fingerprint density at radius 3 is 2.59 bits per heavy atom. The zero-order chi connectivity index (χ0) is 25.8. The van der Waals surface area contributed by atoms with Gasteiger partial charge in [0.2, 0.25) is 0 Å². The molecule has 3 heterocycles. The first-order valence-electron chi connectivity index (χ1n) is 12.3. The zero-order valence-corrected chi connectivity index (χ0v) is 21.5. The molecule has 0 aliphatic carbocycles. The largest absolute Gasteiger partial charge is 0.463 e. The summed E-state index contributed by atoms with van der Waals surface area (Å²) in [6.07, 6.45) is 4.25. The SMILES string of the molecule is Cc1ccc(Oc2ccc(Nc3ncnc4ccc(NC5=NC(CCN(C)C)CO5)cc34)cc2C)cn1. The molecule has 37 heavy (non-hydrogen) atoms. The van der Waals surface area contributed by atoms with Crippen LogP contribution in [0.15, 0.2) is 66.0 Å². The molecule has 1 unspecified atom stereocenters. The number of hydrogen-bond donors (Lipinski definition) is 2. The van der Waals surface area contributed by atoms with E-state index >= 15 is 0 Å². The van der Waals surface area contributed by atoms with Crippen LogP contribution in [-0.4, -0.2) is 59.2 Å². The van der Waals surface area contributed by atoms with Gasteiger partial charge in [-0.2, -0.15) is 0 Å². The number of anilines is 3. The molecule has 9 nitrogen and oxygen atoms in total. The van der Waals surface area contributed by atoms with Gasteiger partial charge in [-0.15, -0.1) is 0 Å². The molecule has 190 valence electrons. The maximum atomic E-state index is 6.00. The van der Waals surface area contributed by atoms with Gasteiger partial charge in [-0.1, -0.05) is 0 Å². The Morgan fingerprint density at radius 2 is 1.81 bits per heavy atom. The lowest BCUT2D eigenvalue weighted by atomic mass is 10.1. The molecule has 0 saturated carbocycles. The van der Waals surface area contributed by atoms with E-state index in [9.17, 15) is 0 Å². The Morgan fingerprint density at radius 1 is 0.973 bits per heavy atom. The minimum atomic E-state index is 0.170. The van der Waals surface area contributed by atoms with Gasteiger partial charge in [-0.3, -0.25) is 4.98 Å². The van der Waals surface area contributed by atoms with Crippen molar-refractivity contribution in [3.8, 4) is 11.5 Å². The first kappa shape index (κ1) is 24.5. The van der Waals surface area contributed by atoms with Crippen LogP contribution in [0.25, 0.3) is 10.9 Å². The number of ether oxygens (including phenoxy) is 2. The van der Waals surface area contributed by atoms with Crippen molar-refractivity contribution in [1.82, 2.24) is 19.9 Å². The second-order valence-corrected chi connectivity index (χ2v) is 9.41. The van der Waals surface area contributed by atoms with Crippen LogP contribution in [0.2, 0.25) is 0 Å². The standard InChI is InChI=1S/C28H31N7O2/c1-18-13-20(7-10-26(18)37-23-8-5-19(2)29-15-23)32-27-24-14-21(6-9-25(24)30-17-31-27)33-28-34-22(16-36-28)11-12-35(3)4/h5-10,13-15,17,22H,11-12,16H2,1-4H3,(H,33,34)(H,30,31,32). The number of pyridine rings is 1. The number of aliphatic imine (C=N–C) groups is 1. The first-order chi connectivity index (χ1) is 17.9. The molecule has 1 aliphatic rings. The highest BCUT2D eigenvalue weighted by atomic mass is 16.5. The Labute approximate surface area is 216 Å². The maximum absolute atomic E-state index is 6.00. The number of aromatic nitrogens is 3. The predicted molar refractivity (Wildman–Crippen MR) is 147 cm³/mol. The van der Waals surface area contributed by atoms with Crippen LogP contribution in [0.3, 0.4) is 0 Å². The van der Waals surface area contributed by atoms with Gasteiger partial charge in [-0.25, -0.2) is 15.0 Å². The van der Waals surface area contributed by atoms with Crippen LogP contribution >= 0.6 is 0 Å². The summed E-state index contributed by atoms with van der Waals surface area (Å²) in [7, 11) is 4.13. The minimum Gasteiger partial charge on any atom is -0.463 e. The fourth-order valence-electron chi connectivity index (χ4n) is 4.02. The lowest BCUT2D eigenvalue weighted by molar-refractivity contribution is 0.294. The molecule has 2 aromatic carbocycles. The second kappa shape index (κ2) is 10.8. The van der Waals surface area contributed by atoms with E-state index in [-0.39, 0.29) is 6.04 Å². The highest BCUT2D eigenvalue weighted by molar-refractivity contribution is 5.97. The number of nitrogens with zero attached hydrogens (tertiary/aromatic N) is 5. The van der Waals surface area contributed by atoms with Crippen molar-refractivity contribution in [2.75, 3.05) is 37.9 Å². The van der Waals surface area contributed by atoms with Crippen LogP contribution in [0.5, 0.6) is 11.5 Å². The number of nitrogens with one attached hydrogen (secondary N) is 2. The zero-order valence-electron chi connectivity index (χ0n) is 21.5. The molecule has 5 rings (SSSR count). The van der Waals surface area contributed by atoms with Crippen LogP contribution < -0.4 is 15.4 Å². The number of benzene rings is 2. The summed E-state index contributed by atoms with van der Waals surface area (Å²) in [6.45, 7) is 5.53. The summed E-state index contributed by atoms with van der Waals surface area (Å²) in [4.78, 5) is 20.0. The van der Waals surface area contributed by atoms with Gasteiger partial charge in [0.1, 0.15) is 30.3 Å². The second-order valence-electron chi connectivity index (χ2n) is 9.41. The van der Waals surface area contributed by atoms with Crippen molar-refractivity contribution in [1.29, 1.82) is 0 Å². The molecule has 0 fully saturated rings. The van der Waals surface area contributed by atoms with E-state index in [0.29, 0.717) is 24.2 Å². The van der Waals surface area contributed by atoms with Gasteiger partial charge >= 0.3 is 0 Å². The van der Waals surface area contributed by atoms with Crippen molar-refractivity contribution >= 4 is 34.1 Å². The topological polar surface area (TPSA) is 96.8 Å². The Bertz CT molecular complexity index is 1420. The molecule has 2 N–H and O–H groups in total. The molecular formula is C28H31N7O2. The van der Waals surface area contributed by atoms with E-state index in [1.807, 2.05) is 62.4 Å². The van der Waals surface area contributed by atoms with Gasteiger partial charge in [0.15, 0.2) is 0 Å². The van der Waals surface area contributed by atoms with E-state index in [1.54, 1.807) is 12.5 Å². The molecule has 0 saturated heterocycles. The van der Waals surface area contributed by atoms with Crippen molar-refractivity contribution in [2.45, 2.75) is 26.3 Å². The molecule has 0 bridgehead atoms. The van der Waals surface area contributed by atoms with Crippen LogP contribution in [0.1, 0.15) is 17.7 Å². The monoisotopic (exact) mass is 497 g/mol. The van der Waals surface area contributed by atoms with E-state index in [4.69, 9.17) is 9.47 Å². The van der Waals surface area contributed by atoms with Crippen molar-refractivity contribution in [3.63, 3.8) is 0 Å². The number of aryl methyl sites for hydroxylation is 2. The first-order valence-corrected chi connectivity index (χ1v) is 12.3. The summed E-state index contributed by atoms with van der Waals surface area (Å²) >= 11 is 0. The lowest BCUT2D eigenvalue weighted by Crippen LogP contribution is -2.19. The predicted octanol–water partition coefficient (Wildman–Crippen LogP) is 5.30. The molecule has 4 aromatic rings. The van der Waals surface area contributed by atoms with E-state index in [0.717, 1.165) is 52.3 Å². The lowest BCUT2D eigenvalue weighted by Gasteiger charge is -2.13. The molecule has 0 amide bonds. The van der Waals surface area contributed by atoms with Crippen molar-refractivity contribution in [2.24, 2.45) is 4.99 Å².